The molecule has 0 unspecified atom stereocenters. The molecule has 4 nitrogen and oxygen atoms in total. The van der Waals surface area contributed by atoms with Crippen molar-refractivity contribution in [1.82, 2.24) is 9.97 Å². The molecule has 1 aliphatic carbocycles. The van der Waals surface area contributed by atoms with E-state index in [-0.39, 0.29) is 17.4 Å². The van der Waals surface area contributed by atoms with E-state index in [0.29, 0.717) is 24.1 Å². The van der Waals surface area contributed by atoms with E-state index < -0.39 is 11.6 Å². The van der Waals surface area contributed by atoms with Gasteiger partial charge in [-0.25, -0.2) is 18.7 Å². The number of ketones is 1. The molecule has 6 heteroatoms. The number of nitrogens with zero attached hydrogens (tertiary/aromatic N) is 2. The number of carbonyl (C=O) groups excluding carboxylic acids is 1. The van der Waals surface area contributed by atoms with Crippen LogP contribution in [0.2, 0.25) is 0 Å². The largest absolute Gasteiger partial charge is 0.438 e. The molecule has 96 valence electrons. The van der Waals surface area contributed by atoms with Crippen LogP contribution < -0.4 is 4.74 Å². The number of rotatable bonds is 2. The molecule has 0 spiro atoms. The number of Topliss-reactive ketones (excluding diaryl/α,β-unsaturated/α-hetero) is 1. The molecular formula is C13H8F2N2O2. The molecule has 0 bridgehead atoms. The van der Waals surface area contributed by atoms with Gasteiger partial charge in [-0.3, -0.25) is 4.79 Å². The molecule has 19 heavy (non-hydrogen) atoms. The number of hydrogen-bond acceptors (Lipinski definition) is 4. The first-order valence-electron chi connectivity index (χ1n) is 5.64. The van der Waals surface area contributed by atoms with Gasteiger partial charge in [-0.1, -0.05) is 0 Å². The van der Waals surface area contributed by atoms with E-state index in [1.807, 2.05) is 0 Å². The van der Waals surface area contributed by atoms with Gasteiger partial charge in [-0.05, 0) is 6.42 Å². The first-order chi connectivity index (χ1) is 9.13. The molecule has 0 aliphatic heterocycles. The lowest BCUT2D eigenvalue weighted by molar-refractivity contribution is 0.0990. The summed E-state index contributed by atoms with van der Waals surface area (Å²) in [6.45, 7) is 0. The molecule has 0 N–H and O–H groups in total. The Hall–Kier alpha value is -2.37. The summed E-state index contributed by atoms with van der Waals surface area (Å²) < 4.78 is 31.5. The van der Waals surface area contributed by atoms with Gasteiger partial charge in [0.15, 0.2) is 5.78 Å². The number of hydrogen-bond donors (Lipinski definition) is 0. The number of carbonyl (C=O) groups is 1. The Kier molecular flexibility index (Phi) is 2.70. The molecule has 0 amide bonds. The van der Waals surface area contributed by atoms with Crippen molar-refractivity contribution >= 4 is 5.78 Å². The topological polar surface area (TPSA) is 52.1 Å². The van der Waals surface area contributed by atoms with E-state index in [4.69, 9.17) is 4.74 Å². The van der Waals surface area contributed by atoms with Crippen LogP contribution in [0, 0.1) is 11.6 Å². The molecule has 1 heterocycles. The van der Waals surface area contributed by atoms with Crippen molar-refractivity contribution in [3.8, 4) is 11.6 Å². The van der Waals surface area contributed by atoms with Crippen molar-refractivity contribution in [2.45, 2.75) is 12.8 Å². The van der Waals surface area contributed by atoms with Crippen LogP contribution in [0.4, 0.5) is 8.78 Å². The van der Waals surface area contributed by atoms with E-state index in [2.05, 4.69) is 9.97 Å². The lowest BCUT2D eigenvalue weighted by Gasteiger charge is -2.08. The molecule has 0 radical (unpaired) electrons. The van der Waals surface area contributed by atoms with Crippen molar-refractivity contribution in [1.29, 1.82) is 0 Å². The molecule has 1 aromatic heterocycles. The van der Waals surface area contributed by atoms with Crippen LogP contribution in [-0.2, 0) is 6.42 Å². The zero-order valence-corrected chi connectivity index (χ0v) is 9.69. The Morgan fingerprint density at radius 1 is 1.05 bits per heavy atom. The highest BCUT2D eigenvalue weighted by Crippen LogP contribution is 2.30. The van der Waals surface area contributed by atoms with Crippen LogP contribution >= 0.6 is 0 Å². The van der Waals surface area contributed by atoms with Crippen molar-refractivity contribution in [2.24, 2.45) is 0 Å². The first-order valence-corrected chi connectivity index (χ1v) is 5.64. The predicted octanol–water partition coefficient (Wildman–Crippen LogP) is 2.68. The van der Waals surface area contributed by atoms with E-state index in [0.717, 1.165) is 18.2 Å². The molecule has 0 saturated carbocycles. The van der Waals surface area contributed by atoms with Crippen molar-refractivity contribution in [3.05, 3.63) is 47.4 Å². The summed E-state index contributed by atoms with van der Waals surface area (Å²) in [6, 6.07) is 2.85. The lowest BCUT2D eigenvalue weighted by atomic mass is 10.2. The fourth-order valence-corrected chi connectivity index (χ4v) is 2.01. The van der Waals surface area contributed by atoms with Gasteiger partial charge in [-0.2, -0.15) is 0 Å². The number of ether oxygens (including phenoxy) is 1. The number of halogens is 2. The van der Waals surface area contributed by atoms with Gasteiger partial charge in [0.05, 0.1) is 0 Å². The second-order valence-corrected chi connectivity index (χ2v) is 4.14. The highest BCUT2D eigenvalue weighted by atomic mass is 19.1. The maximum atomic E-state index is 13.1. The minimum atomic E-state index is -0.739. The molecule has 2 aromatic rings. The maximum absolute atomic E-state index is 13.1. The fraction of sp³-hybridized carbons (Fsp3) is 0.154. The van der Waals surface area contributed by atoms with Gasteiger partial charge < -0.3 is 4.74 Å². The van der Waals surface area contributed by atoms with Crippen LogP contribution in [-0.4, -0.2) is 15.8 Å². The molecule has 1 aliphatic rings. The van der Waals surface area contributed by atoms with Crippen LogP contribution in [0.5, 0.6) is 11.6 Å². The molecule has 0 saturated heterocycles. The Morgan fingerprint density at radius 3 is 2.53 bits per heavy atom. The van der Waals surface area contributed by atoms with Crippen molar-refractivity contribution in [3.63, 3.8) is 0 Å². The third-order valence-corrected chi connectivity index (χ3v) is 2.82. The Bertz CT molecular complexity index is 653. The summed E-state index contributed by atoms with van der Waals surface area (Å²) in [4.78, 5) is 19.3. The number of fused-ring (bicyclic) bond motifs is 1. The smallest absolute Gasteiger partial charge is 0.226 e. The zero-order chi connectivity index (χ0) is 13.4. The molecule has 0 fully saturated rings. The normalized spacial score (nSPS) is 13.5. The van der Waals surface area contributed by atoms with Crippen LogP contribution in [0.3, 0.4) is 0 Å². The third-order valence-electron chi connectivity index (χ3n) is 2.82. The minimum absolute atomic E-state index is 0.00208. The van der Waals surface area contributed by atoms with Gasteiger partial charge in [0.1, 0.15) is 29.4 Å². The summed E-state index contributed by atoms with van der Waals surface area (Å²) in [7, 11) is 0. The average molecular weight is 262 g/mol. The van der Waals surface area contributed by atoms with E-state index in [1.165, 1.54) is 6.33 Å². The van der Waals surface area contributed by atoms with Gasteiger partial charge in [-0.15, -0.1) is 0 Å². The minimum Gasteiger partial charge on any atom is -0.438 e. The summed E-state index contributed by atoms with van der Waals surface area (Å²) in [5.74, 6) is -1.39. The van der Waals surface area contributed by atoms with Crippen molar-refractivity contribution in [2.75, 3.05) is 0 Å². The standard InChI is InChI=1S/C13H8F2N2O2/c14-7-3-8(15)5-9(4-7)19-13-10-1-2-11(18)12(10)16-6-17-13/h3-6H,1-2H2. The molecule has 1 aromatic carbocycles. The summed E-state index contributed by atoms with van der Waals surface area (Å²) in [5, 5.41) is 0. The second kappa shape index (κ2) is 4.38. The average Bonchev–Trinajstić information content (AvgIpc) is 2.71. The van der Waals surface area contributed by atoms with Crippen LogP contribution in [0.15, 0.2) is 24.5 Å². The zero-order valence-electron chi connectivity index (χ0n) is 9.69. The van der Waals surface area contributed by atoms with Crippen LogP contribution in [0.25, 0.3) is 0 Å². The van der Waals surface area contributed by atoms with Crippen molar-refractivity contribution < 1.29 is 18.3 Å². The number of benzene rings is 1. The quantitative estimate of drug-likeness (QED) is 0.834. The third kappa shape index (κ3) is 2.16. The summed E-state index contributed by atoms with van der Waals surface area (Å²) in [5.41, 5.74) is 0.902. The van der Waals surface area contributed by atoms with E-state index >= 15 is 0 Å². The Morgan fingerprint density at radius 2 is 1.79 bits per heavy atom. The van der Waals surface area contributed by atoms with E-state index in [1.54, 1.807) is 0 Å². The van der Waals surface area contributed by atoms with Gasteiger partial charge >= 0.3 is 0 Å². The monoisotopic (exact) mass is 262 g/mol. The lowest BCUT2D eigenvalue weighted by Crippen LogP contribution is -2.00. The van der Waals surface area contributed by atoms with Gasteiger partial charge in [0, 0.05) is 30.2 Å². The fourth-order valence-electron chi connectivity index (χ4n) is 2.01. The molecular weight excluding hydrogens is 254 g/mol. The highest BCUT2D eigenvalue weighted by Gasteiger charge is 2.25. The second-order valence-electron chi connectivity index (χ2n) is 4.14. The Balaban J connectivity index is 1.98. The highest BCUT2D eigenvalue weighted by molar-refractivity contribution is 5.99. The summed E-state index contributed by atoms with van der Waals surface area (Å²) in [6.07, 6.45) is 2.02. The first kappa shape index (κ1) is 11.7. The Labute approximate surface area is 107 Å². The SMILES string of the molecule is O=C1CCc2c(Oc3cc(F)cc(F)c3)ncnc21. The van der Waals surface area contributed by atoms with Crippen LogP contribution in [0.1, 0.15) is 22.5 Å². The molecule has 3 rings (SSSR count). The number of aromatic nitrogens is 2. The van der Waals surface area contributed by atoms with Gasteiger partial charge in [0.2, 0.25) is 5.88 Å². The predicted molar refractivity (Wildman–Crippen MR) is 61.1 cm³/mol. The van der Waals surface area contributed by atoms with E-state index in [9.17, 15) is 13.6 Å². The van der Waals surface area contributed by atoms with Gasteiger partial charge in [0.25, 0.3) is 0 Å². The maximum Gasteiger partial charge on any atom is 0.226 e. The molecule has 0 atom stereocenters. The summed E-state index contributed by atoms with van der Waals surface area (Å²) >= 11 is 0.